The minimum Gasteiger partial charge on any atom is -0.493 e. The Hall–Kier alpha value is -2.44. The highest BCUT2D eigenvalue weighted by atomic mass is 16.5. The van der Waals surface area contributed by atoms with E-state index >= 15 is 0 Å². The SMILES string of the molecule is CCOc1ccc(CCC(=O)NCCNC(=O)OC)cc1OC. The highest BCUT2D eigenvalue weighted by Crippen LogP contribution is 2.28. The number of amides is 2. The van der Waals surface area contributed by atoms with Crippen LogP contribution >= 0.6 is 0 Å². The number of ether oxygens (including phenoxy) is 3. The Morgan fingerprint density at radius 1 is 1.09 bits per heavy atom. The molecule has 0 saturated carbocycles. The minimum atomic E-state index is -0.513. The quantitative estimate of drug-likeness (QED) is 0.672. The van der Waals surface area contributed by atoms with E-state index in [2.05, 4.69) is 15.4 Å². The lowest BCUT2D eigenvalue weighted by molar-refractivity contribution is -0.121. The zero-order valence-electron chi connectivity index (χ0n) is 13.8. The summed E-state index contributed by atoms with van der Waals surface area (Å²) in [6.45, 7) is 3.17. The zero-order valence-corrected chi connectivity index (χ0v) is 13.8. The molecular formula is C16H24N2O5. The standard InChI is InChI=1S/C16H24N2O5/c1-4-23-13-7-5-12(11-14(13)21-2)6-8-15(19)17-9-10-18-16(20)22-3/h5,7,11H,4,6,8-10H2,1-3H3,(H,17,19)(H,18,20). The molecule has 1 aromatic rings. The third kappa shape index (κ3) is 6.90. The van der Waals surface area contributed by atoms with Crippen LogP contribution in [0.2, 0.25) is 0 Å². The van der Waals surface area contributed by atoms with Crippen LogP contribution in [0.5, 0.6) is 11.5 Å². The van der Waals surface area contributed by atoms with Gasteiger partial charge in [-0.3, -0.25) is 4.79 Å². The number of methoxy groups -OCH3 is 2. The number of carbonyl (C=O) groups excluding carboxylic acids is 2. The summed E-state index contributed by atoms with van der Waals surface area (Å²) in [5.74, 6) is 1.27. The van der Waals surface area contributed by atoms with Crippen LogP contribution in [0, 0.1) is 0 Å². The van der Waals surface area contributed by atoms with E-state index in [1.165, 1.54) is 7.11 Å². The molecule has 0 aliphatic carbocycles. The van der Waals surface area contributed by atoms with Gasteiger partial charge in [0.05, 0.1) is 20.8 Å². The Labute approximate surface area is 136 Å². The number of carbonyl (C=O) groups is 2. The van der Waals surface area contributed by atoms with Crippen molar-refractivity contribution < 1.29 is 23.8 Å². The number of benzene rings is 1. The Balaban J connectivity index is 2.36. The molecule has 0 heterocycles. The van der Waals surface area contributed by atoms with E-state index < -0.39 is 6.09 Å². The van der Waals surface area contributed by atoms with Crippen molar-refractivity contribution in [2.45, 2.75) is 19.8 Å². The average molecular weight is 324 g/mol. The number of aryl methyl sites for hydroxylation is 1. The maximum Gasteiger partial charge on any atom is 0.406 e. The van der Waals surface area contributed by atoms with Gasteiger partial charge in [0.2, 0.25) is 5.91 Å². The van der Waals surface area contributed by atoms with Gasteiger partial charge in [0, 0.05) is 19.5 Å². The number of nitrogens with one attached hydrogen (secondary N) is 2. The van der Waals surface area contributed by atoms with Crippen molar-refractivity contribution in [3.8, 4) is 11.5 Å². The first-order valence-corrected chi connectivity index (χ1v) is 7.49. The van der Waals surface area contributed by atoms with Crippen molar-refractivity contribution in [1.29, 1.82) is 0 Å². The molecular weight excluding hydrogens is 300 g/mol. The molecule has 0 bridgehead atoms. The highest BCUT2D eigenvalue weighted by molar-refractivity contribution is 5.76. The summed E-state index contributed by atoms with van der Waals surface area (Å²) >= 11 is 0. The van der Waals surface area contributed by atoms with Gasteiger partial charge in [-0.1, -0.05) is 6.07 Å². The van der Waals surface area contributed by atoms with Crippen molar-refractivity contribution in [2.24, 2.45) is 0 Å². The monoisotopic (exact) mass is 324 g/mol. The van der Waals surface area contributed by atoms with Gasteiger partial charge in [-0.15, -0.1) is 0 Å². The van der Waals surface area contributed by atoms with Crippen LogP contribution in [0.1, 0.15) is 18.9 Å². The molecule has 0 aromatic heterocycles. The zero-order chi connectivity index (χ0) is 17.1. The third-order valence-corrected chi connectivity index (χ3v) is 3.07. The fourth-order valence-electron chi connectivity index (χ4n) is 1.93. The van der Waals surface area contributed by atoms with E-state index in [1.54, 1.807) is 7.11 Å². The van der Waals surface area contributed by atoms with Crippen molar-refractivity contribution in [2.75, 3.05) is 33.9 Å². The summed E-state index contributed by atoms with van der Waals surface area (Å²) in [5.41, 5.74) is 0.994. The molecule has 7 nitrogen and oxygen atoms in total. The molecule has 0 aliphatic heterocycles. The Kier molecular flexibility index (Phi) is 8.34. The van der Waals surface area contributed by atoms with Gasteiger partial charge in [0.1, 0.15) is 0 Å². The predicted molar refractivity (Wildman–Crippen MR) is 85.9 cm³/mol. The molecule has 0 radical (unpaired) electrons. The molecule has 0 unspecified atom stereocenters. The van der Waals surface area contributed by atoms with E-state index in [4.69, 9.17) is 9.47 Å². The summed E-state index contributed by atoms with van der Waals surface area (Å²) in [5, 5.41) is 5.22. The first-order chi connectivity index (χ1) is 11.1. The molecule has 1 rings (SSSR count). The fraction of sp³-hybridized carbons (Fsp3) is 0.500. The molecule has 0 atom stereocenters. The second-order valence-corrected chi connectivity index (χ2v) is 4.69. The van der Waals surface area contributed by atoms with Crippen LogP contribution in [-0.2, 0) is 16.0 Å². The fourth-order valence-corrected chi connectivity index (χ4v) is 1.93. The summed E-state index contributed by atoms with van der Waals surface area (Å²) < 4.78 is 15.2. The van der Waals surface area contributed by atoms with Crippen LogP contribution in [0.15, 0.2) is 18.2 Å². The first-order valence-electron chi connectivity index (χ1n) is 7.49. The first kappa shape index (κ1) is 18.6. The molecule has 0 saturated heterocycles. The topological polar surface area (TPSA) is 85.9 Å². The van der Waals surface area contributed by atoms with E-state index in [-0.39, 0.29) is 5.91 Å². The van der Waals surface area contributed by atoms with Crippen molar-refractivity contribution in [3.63, 3.8) is 0 Å². The third-order valence-electron chi connectivity index (χ3n) is 3.07. The summed E-state index contributed by atoms with van der Waals surface area (Å²) in [4.78, 5) is 22.6. The van der Waals surface area contributed by atoms with E-state index in [9.17, 15) is 9.59 Å². The molecule has 0 aliphatic rings. The van der Waals surface area contributed by atoms with E-state index in [1.807, 2.05) is 25.1 Å². The number of rotatable bonds is 9. The van der Waals surface area contributed by atoms with Crippen molar-refractivity contribution in [3.05, 3.63) is 23.8 Å². The van der Waals surface area contributed by atoms with E-state index in [0.29, 0.717) is 44.0 Å². The Morgan fingerprint density at radius 2 is 1.83 bits per heavy atom. The number of hydrogen-bond donors (Lipinski definition) is 2. The van der Waals surface area contributed by atoms with E-state index in [0.717, 1.165) is 5.56 Å². The Morgan fingerprint density at radius 3 is 2.48 bits per heavy atom. The second kappa shape index (κ2) is 10.3. The molecule has 7 heteroatoms. The second-order valence-electron chi connectivity index (χ2n) is 4.69. The normalized spacial score (nSPS) is 9.87. The van der Waals surface area contributed by atoms with Gasteiger partial charge in [0.15, 0.2) is 11.5 Å². The van der Waals surface area contributed by atoms with Gasteiger partial charge in [-0.2, -0.15) is 0 Å². The van der Waals surface area contributed by atoms with Gasteiger partial charge in [-0.25, -0.2) is 4.79 Å². The van der Waals surface area contributed by atoms with Crippen LogP contribution in [0.3, 0.4) is 0 Å². The molecule has 2 amide bonds. The number of hydrogen-bond acceptors (Lipinski definition) is 5. The van der Waals surface area contributed by atoms with Gasteiger partial charge < -0.3 is 24.8 Å². The molecule has 23 heavy (non-hydrogen) atoms. The smallest absolute Gasteiger partial charge is 0.406 e. The summed E-state index contributed by atoms with van der Waals surface area (Å²) in [6, 6.07) is 5.63. The molecule has 0 fully saturated rings. The van der Waals surface area contributed by atoms with Crippen molar-refractivity contribution >= 4 is 12.0 Å². The summed E-state index contributed by atoms with van der Waals surface area (Å²) in [6.07, 6.45) is 0.440. The van der Waals surface area contributed by atoms with Crippen LogP contribution in [0.4, 0.5) is 4.79 Å². The highest BCUT2D eigenvalue weighted by Gasteiger charge is 2.07. The largest absolute Gasteiger partial charge is 0.493 e. The lowest BCUT2D eigenvalue weighted by Gasteiger charge is -2.11. The lowest BCUT2D eigenvalue weighted by Crippen LogP contribution is -2.34. The van der Waals surface area contributed by atoms with Gasteiger partial charge in [-0.05, 0) is 31.0 Å². The van der Waals surface area contributed by atoms with Crippen LogP contribution < -0.4 is 20.1 Å². The molecule has 2 N–H and O–H groups in total. The Bertz CT molecular complexity index is 519. The van der Waals surface area contributed by atoms with Gasteiger partial charge >= 0.3 is 6.09 Å². The molecule has 128 valence electrons. The molecule has 0 spiro atoms. The minimum absolute atomic E-state index is 0.0792. The van der Waals surface area contributed by atoms with Crippen LogP contribution in [0.25, 0.3) is 0 Å². The van der Waals surface area contributed by atoms with Crippen LogP contribution in [-0.4, -0.2) is 45.9 Å². The maximum absolute atomic E-state index is 11.7. The molecule has 1 aromatic carbocycles. The van der Waals surface area contributed by atoms with Gasteiger partial charge in [0.25, 0.3) is 0 Å². The summed E-state index contributed by atoms with van der Waals surface area (Å²) in [7, 11) is 2.88. The maximum atomic E-state index is 11.7. The van der Waals surface area contributed by atoms with Crippen molar-refractivity contribution in [1.82, 2.24) is 10.6 Å². The lowest BCUT2D eigenvalue weighted by atomic mass is 10.1. The number of alkyl carbamates (subject to hydrolysis) is 1. The predicted octanol–water partition coefficient (Wildman–Crippen LogP) is 1.50. The average Bonchev–Trinajstić information content (AvgIpc) is 2.57.